The standard InChI is InChI=1S/C14H21N3OS/c1-10(2)13-12(9-18)19-14(15-13)17-7-6-16-5-3-4-11(16)8-17/h9-11H,3-8H2,1-2H3. The Labute approximate surface area is 118 Å². The molecule has 1 aromatic rings. The topological polar surface area (TPSA) is 36.4 Å². The Kier molecular flexibility index (Phi) is 3.58. The molecular formula is C14H21N3OS. The third kappa shape index (κ3) is 2.41. The molecule has 3 rings (SSSR count). The van der Waals surface area contributed by atoms with Gasteiger partial charge in [0.05, 0.1) is 10.6 Å². The van der Waals surface area contributed by atoms with Gasteiger partial charge in [0, 0.05) is 25.7 Å². The summed E-state index contributed by atoms with van der Waals surface area (Å²) in [5.74, 6) is 0.318. The Hall–Kier alpha value is -0.940. The van der Waals surface area contributed by atoms with Crippen LogP contribution in [0.15, 0.2) is 0 Å². The van der Waals surface area contributed by atoms with E-state index in [4.69, 9.17) is 4.98 Å². The van der Waals surface area contributed by atoms with Crippen molar-refractivity contribution in [2.75, 3.05) is 31.1 Å². The summed E-state index contributed by atoms with van der Waals surface area (Å²) in [7, 11) is 0. The van der Waals surface area contributed by atoms with Crippen molar-refractivity contribution in [1.29, 1.82) is 0 Å². The van der Waals surface area contributed by atoms with Crippen molar-refractivity contribution in [2.45, 2.75) is 38.6 Å². The molecule has 104 valence electrons. The molecule has 0 N–H and O–H groups in total. The van der Waals surface area contributed by atoms with Gasteiger partial charge in [-0.05, 0) is 25.3 Å². The maximum absolute atomic E-state index is 11.2. The van der Waals surface area contributed by atoms with Crippen LogP contribution in [0.2, 0.25) is 0 Å². The van der Waals surface area contributed by atoms with Gasteiger partial charge in [-0.25, -0.2) is 4.98 Å². The van der Waals surface area contributed by atoms with Gasteiger partial charge in [-0.15, -0.1) is 0 Å². The number of rotatable bonds is 3. The fourth-order valence-corrected chi connectivity index (χ4v) is 4.20. The van der Waals surface area contributed by atoms with Crippen molar-refractivity contribution >= 4 is 22.8 Å². The van der Waals surface area contributed by atoms with E-state index in [1.165, 1.54) is 19.4 Å². The van der Waals surface area contributed by atoms with Gasteiger partial charge in [0.25, 0.3) is 0 Å². The zero-order valence-corrected chi connectivity index (χ0v) is 12.4. The zero-order chi connectivity index (χ0) is 13.4. The average Bonchev–Trinajstić information content (AvgIpc) is 3.04. The number of aldehydes is 1. The molecule has 2 aliphatic rings. The SMILES string of the molecule is CC(C)c1nc(N2CCN3CCCC3C2)sc1C=O. The van der Waals surface area contributed by atoms with Gasteiger partial charge in [-0.3, -0.25) is 9.69 Å². The molecule has 4 nitrogen and oxygen atoms in total. The molecule has 2 saturated heterocycles. The summed E-state index contributed by atoms with van der Waals surface area (Å²) in [5, 5.41) is 1.04. The van der Waals surface area contributed by atoms with Crippen LogP contribution in [0.1, 0.15) is 48.0 Å². The fourth-order valence-electron chi connectivity index (χ4n) is 3.13. The van der Waals surface area contributed by atoms with Crippen LogP contribution in [-0.2, 0) is 0 Å². The van der Waals surface area contributed by atoms with E-state index in [1.807, 2.05) is 0 Å². The minimum absolute atomic E-state index is 0.318. The quantitative estimate of drug-likeness (QED) is 0.796. The third-order valence-corrected chi connectivity index (χ3v) is 5.24. The molecule has 3 heterocycles. The minimum atomic E-state index is 0.318. The van der Waals surface area contributed by atoms with Crippen molar-refractivity contribution < 1.29 is 4.79 Å². The minimum Gasteiger partial charge on any atom is -0.345 e. The van der Waals surface area contributed by atoms with Crippen molar-refractivity contribution in [1.82, 2.24) is 9.88 Å². The highest BCUT2D eigenvalue weighted by Crippen LogP contribution is 2.32. The smallest absolute Gasteiger partial charge is 0.186 e. The number of thiazole rings is 1. The summed E-state index contributed by atoms with van der Waals surface area (Å²) < 4.78 is 0. The summed E-state index contributed by atoms with van der Waals surface area (Å²) in [5.41, 5.74) is 0.962. The van der Waals surface area contributed by atoms with E-state index in [0.29, 0.717) is 12.0 Å². The van der Waals surface area contributed by atoms with Gasteiger partial charge in [-0.1, -0.05) is 25.2 Å². The molecule has 2 aliphatic heterocycles. The molecule has 0 amide bonds. The first-order valence-corrected chi connectivity index (χ1v) is 7.95. The van der Waals surface area contributed by atoms with Gasteiger partial charge in [0.15, 0.2) is 11.4 Å². The highest BCUT2D eigenvalue weighted by molar-refractivity contribution is 7.17. The second kappa shape index (κ2) is 5.21. The Morgan fingerprint density at radius 1 is 1.37 bits per heavy atom. The summed E-state index contributed by atoms with van der Waals surface area (Å²) in [6, 6.07) is 0.694. The predicted octanol–water partition coefficient (Wildman–Crippen LogP) is 2.36. The first kappa shape index (κ1) is 13.1. The molecule has 0 aliphatic carbocycles. The molecule has 0 aromatic carbocycles. The van der Waals surface area contributed by atoms with Crippen molar-refractivity contribution in [3.05, 3.63) is 10.6 Å². The van der Waals surface area contributed by atoms with Crippen LogP contribution >= 0.6 is 11.3 Å². The molecule has 5 heteroatoms. The van der Waals surface area contributed by atoms with Crippen LogP contribution in [0, 0.1) is 0 Å². The van der Waals surface area contributed by atoms with E-state index < -0.39 is 0 Å². The Morgan fingerprint density at radius 2 is 2.21 bits per heavy atom. The number of anilines is 1. The van der Waals surface area contributed by atoms with E-state index in [0.717, 1.165) is 41.6 Å². The van der Waals surface area contributed by atoms with Gasteiger partial charge in [0.1, 0.15) is 0 Å². The predicted molar refractivity (Wildman–Crippen MR) is 78.4 cm³/mol. The number of hydrogen-bond donors (Lipinski definition) is 0. The van der Waals surface area contributed by atoms with E-state index in [2.05, 4.69) is 23.6 Å². The first-order valence-electron chi connectivity index (χ1n) is 7.14. The monoisotopic (exact) mass is 279 g/mol. The molecule has 1 atom stereocenters. The lowest BCUT2D eigenvalue weighted by molar-refractivity contribution is 0.112. The molecule has 0 bridgehead atoms. The van der Waals surface area contributed by atoms with Gasteiger partial charge >= 0.3 is 0 Å². The maximum Gasteiger partial charge on any atom is 0.186 e. The summed E-state index contributed by atoms with van der Waals surface area (Å²) in [6.07, 6.45) is 3.59. The van der Waals surface area contributed by atoms with Crippen molar-refractivity contribution in [3.8, 4) is 0 Å². The Bertz CT molecular complexity index is 471. The summed E-state index contributed by atoms with van der Waals surface area (Å²) in [6.45, 7) is 8.70. The molecule has 2 fully saturated rings. The maximum atomic E-state index is 11.2. The van der Waals surface area contributed by atoms with E-state index >= 15 is 0 Å². The zero-order valence-electron chi connectivity index (χ0n) is 11.6. The molecule has 1 aromatic heterocycles. The lowest BCUT2D eigenvalue weighted by Gasteiger charge is -2.37. The van der Waals surface area contributed by atoms with Crippen LogP contribution in [0.4, 0.5) is 5.13 Å². The summed E-state index contributed by atoms with van der Waals surface area (Å²) >= 11 is 1.56. The van der Waals surface area contributed by atoms with Crippen LogP contribution in [0.5, 0.6) is 0 Å². The largest absolute Gasteiger partial charge is 0.345 e. The van der Waals surface area contributed by atoms with Crippen LogP contribution in [0.3, 0.4) is 0 Å². The fraction of sp³-hybridized carbons (Fsp3) is 0.714. The van der Waals surface area contributed by atoms with Crippen molar-refractivity contribution in [3.63, 3.8) is 0 Å². The highest BCUT2D eigenvalue weighted by atomic mass is 32.1. The molecular weight excluding hydrogens is 258 g/mol. The lowest BCUT2D eigenvalue weighted by atomic mass is 10.1. The molecule has 0 radical (unpaired) electrons. The Morgan fingerprint density at radius 3 is 2.89 bits per heavy atom. The second-order valence-electron chi connectivity index (χ2n) is 5.80. The Balaban J connectivity index is 1.80. The number of hydrogen-bond acceptors (Lipinski definition) is 5. The molecule has 19 heavy (non-hydrogen) atoms. The first-order chi connectivity index (χ1) is 9.19. The van der Waals surface area contributed by atoms with Gasteiger partial charge in [0.2, 0.25) is 0 Å². The number of piperazine rings is 1. The molecule has 0 saturated carbocycles. The van der Waals surface area contributed by atoms with Crippen LogP contribution in [-0.4, -0.2) is 48.4 Å². The van der Waals surface area contributed by atoms with Crippen LogP contribution in [0.25, 0.3) is 0 Å². The van der Waals surface area contributed by atoms with Crippen LogP contribution < -0.4 is 4.90 Å². The van der Waals surface area contributed by atoms with E-state index in [1.54, 1.807) is 11.3 Å². The van der Waals surface area contributed by atoms with E-state index in [-0.39, 0.29) is 0 Å². The number of fused-ring (bicyclic) bond motifs is 1. The van der Waals surface area contributed by atoms with E-state index in [9.17, 15) is 4.79 Å². The number of aromatic nitrogens is 1. The lowest BCUT2D eigenvalue weighted by Crippen LogP contribution is -2.50. The summed E-state index contributed by atoms with van der Waals surface area (Å²) in [4.78, 5) is 21.6. The number of carbonyl (C=O) groups excluding carboxylic acids is 1. The third-order valence-electron chi connectivity index (χ3n) is 4.18. The van der Waals surface area contributed by atoms with Gasteiger partial charge < -0.3 is 4.90 Å². The highest BCUT2D eigenvalue weighted by Gasteiger charge is 2.32. The molecule has 0 spiro atoms. The number of nitrogens with zero attached hydrogens (tertiary/aromatic N) is 3. The molecule has 1 unspecified atom stereocenters. The number of carbonyl (C=O) groups is 1. The average molecular weight is 279 g/mol. The van der Waals surface area contributed by atoms with Crippen molar-refractivity contribution in [2.24, 2.45) is 0 Å². The van der Waals surface area contributed by atoms with Gasteiger partial charge in [-0.2, -0.15) is 0 Å². The normalized spacial score (nSPS) is 23.9. The second-order valence-corrected chi connectivity index (χ2v) is 6.81.